The zero-order chi connectivity index (χ0) is 21.3. The van der Waals surface area contributed by atoms with Gasteiger partial charge in [0.25, 0.3) is 0 Å². The molecule has 4 rings (SSSR count). The van der Waals surface area contributed by atoms with Crippen molar-refractivity contribution in [2.24, 2.45) is 4.99 Å². The molecule has 1 unspecified atom stereocenters. The van der Waals surface area contributed by atoms with E-state index in [0.29, 0.717) is 6.04 Å². The standard InChI is InChI=1S/C22H34N8S/c1-23-21(27-18-19(20-6-4-17-31-20)29-10-2-3-11-29)24-9-12-28-13-15-30(16-14-28)22-25-7-5-8-26-22/h4-8,17,19H,2-3,9-16,18H2,1H3,(H2,23,24,27). The predicted molar refractivity (Wildman–Crippen MR) is 128 cm³/mol. The average Bonchev–Trinajstić information content (AvgIpc) is 3.54. The molecule has 2 aliphatic rings. The average molecular weight is 443 g/mol. The molecule has 31 heavy (non-hydrogen) atoms. The van der Waals surface area contributed by atoms with Gasteiger partial charge in [-0.05, 0) is 43.4 Å². The van der Waals surface area contributed by atoms with Gasteiger partial charge in [-0.15, -0.1) is 11.3 Å². The van der Waals surface area contributed by atoms with Gasteiger partial charge >= 0.3 is 0 Å². The number of hydrogen-bond donors (Lipinski definition) is 2. The lowest BCUT2D eigenvalue weighted by atomic mass is 10.2. The number of rotatable bonds is 8. The lowest BCUT2D eigenvalue weighted by Gasteiger charge is -2.34. The van der Waals surface area contributed by atoms with Crippen molar-refractivity contribution in [3.63, 3.8) is 0 Å². The maximum Gasteiger partial charge on any atom is 0.225 e. The van der Waals surface area contributed by atoms with Gasteiger partial charge in [-0.25, -0.2) is 9.97 Å². The lowest BCUT2D eigenvalue weighted by molar-refractivity contribution is 0.248. The third-order valence-electron chi connectivity index (χ3n) is 6.07. The molecular formula is C22H34N8S. The molecule has 2 saturated heterocycles. The van der Waals surface area contributed by atoms with E-state index >= 15 is 0 Å². The topological polar surface area (TPSA) is 71.9 Å². The molecule has 0 aliphatic carbocycles. The van der Waals surface area contributed by atoms with Gasteiger partial charge in [0.05, 0.1) is 6.04 Å². The van der Waals surface area contributed by atoms with E-state index < -0.39 is 0 Å². The van der Waals surface area contributed by atoms with Crippen LogP contribution in [0, 0.1) is 0 Å². The molecular weight excluding hydrogens is 408 g/mol. The summed E-state index contributed by atoms with van der Waals surface area (Å²) in [6.07, 6.45) is 6.23. The Morgan fingerprint density at radius 3 is 2.52 bits per heavy atom. The largest absolute Gasteiger partial charge is 0.355 e. The number of hydrogen-bond acceptors (Lipinski definition) is 7. The molecule has 2 fully saturated rings. The Kier molecular flexibility index (Phi) is 8.09. The van der Waals surface area contributed by atoms with Gasteiger partial charge in [0.2, 0.25) is 5.95 Å². The van der Waals surface area contributed by atoms with E-state index in [9.17, 15) is 0 Å². The lowest BCUT2D eigenvalue weighted by Crippen LogP contribution is -2.50. The second-order valence-corrected chi connectivity index (χ2v) is 9.01. The van der Waals surface area contributed by atoms with Gasteiger partial charge in [-0.2, -0.15) is 0 Å². The number of nitrogens with one attached hydrogen (secondary N) is 2. The zero-order valence-corrected chi connectivity index (χ0v) is 19.2. The predicted octanol–water partition coefficient (Wildman–Crippen LogP) is 1.66. The van der Waals surface area contributed by atoms with Gasteiger partial charge in [0.1, 0.15) is 0 Å². The fourth-order valence-corrected chi connectivity index (χ4v) is 5.18. The van der Waals surface area contributed by atoms with Crippen molar-refractivity contribution in [3.05, 3.63) is 40.8 Å². The molecule has 4 heterocycles. The number of aliphatic imine (C=N–C) groups is 1. The fraction of sp³-hybridized carbons (Fsp3) is 0.591. The van der Waals surface area contributed by atoms with E-state index in [-0.39, 0.29) is 0 Å². The maximum absolute atomic E-state index is 4.44. The third-order valence-corrected chi connectivity index (χ3v) is 7.04. The van der Waals surface area contributed by atoms with Gasteiger partial charge in [-0.1, -0.05) is 6.07 Å². The third kappa shape index (κ3) is 6.15. The van der Waals surface area contributed by atoms with Gasteiger partial charge in [-0.3, -0.25) is 14.8 Å². The van der Waals surface area contributed by atoms with Crippen LogP contribution in [0.4, 0.5) is 5.95 Å². The van der Waals surface area contributed by atoms with Crippen molar-refractivity contribution >= 4 is 23.2 Å². The minimum absolute atomic E-state index is 0.425. The molecule has 2 N–H and O–H groups in total. The highest BCUT2D eigenvalue weighted by molar-refractivity contribution is 7.10. The second kappa shape index (κ2) is 11.4. The fourth-order valence-electron chi connectivity index (χ4n) is 4.32. The van der Waals surface area contributed by atoms with Crippen molar-refractivity contribution in [1.29, 1.82) is 0 Å². The minimum Gasteiger partial charge on any atom is -0.355 e. The van der Waals surface area contributed by atoms with Crippen LogP contribution in [0.3, 0.4) is 0 Å². The Morgan fingerprint density at radius 1 is 1.06 bits per heavy atom. The molecule has 8 nitrogen and oxygen atoms in total. The Hall–Kier alpha value is -2.23. The molecule has 0 radical (unpaired) electrons. The number of aromatic nitrogens is 2. The number of likely N-dealkylation sites (tertiary alicyclic amines) is 1. The summed E-state index contributed by atoms with van der Waals surface area (Å²) in [5.41, 5.74) is 0. The van der Waals surface area contributed by atoms with E-state index in [0.717, 1.165) is 57.7 Å². The smallest absolute Gasteiger partial charge is 0.225 e. The van der Waals surface area contributed by atoms with Crippen LogP contribution in [0.2, 0.25) is 0 Å². The van der Waals surface area contributed by atoms with Gasteiger partial charge in [0, 0.05) is 70.1 Å². The van der Waals surface area contributed by atoms with E-state index in [1.807, 2.05) is 36.8 Å². The Balaban J connectivity index is 1.18. The summed E-state index contributed by atoms with van der Waals surface area (Å²) in [5, 5.41) is 9.23. The zero-order valence-electron chi connectivity index (χ0n) is 18.4. The molecule has 168 valence electrons. The van der Waals surface area contributed by atoms with E-state index in [1.54, 1.807) is 0 Å². The van der Waals surface area contributed by atoms with Crippen molar-refractivity contribution in [1.82, 2.24) is 30.4 Å². The highest BCUT2D eigenvalue weighted by Crippen LogP contribution is 2.27. The van der Waals surface area contributed by atoms with Crippen LogP contribution in [0.5, 0.6) is 0 Å². The first-order valence-corrected chi connectivity index (χ1v) is 12.2. The van der Waals surface area contributed by atoms with Crippen molar-refractivity contribution in [2.45, 2.75) is 18.9 Å². The van der Waals surface area contributed by atoms with E-state index in [4.69, 9.17) is 0 Å². The summed E-state index contributed by atoms with van der Waals surface area (Å²) >= 11 is 1.85. The molecule has 1 atom stereocenters. The van der Waals surface area contributed by atoms with Crippen LogP contribution < -0.4 is 15.5 Å². The second-order valence-electron chi connectivity index (χ2n) is 8.03. The number of anilines is 1. The number of thiophene rings is 1. The molecule has 0 amide bonds. The summed E-state index contributed by atoms with van der Waals surface area (Å²) in [6, 6.07) is 6.69. The molecule has 0 bridgehead atoms. The van der Waals surface area contributed by atoms with Crippen LogP contribution in [0.25, 0.3) is 0 Å². The molecule has 2 aliphatic heterocycles. The molecule has 2 aromatic heterocycles. The molecule has 0 aromatic carbocycles. The van der Waals surface area contributed by atoms with Crippen LogP contribution in [-0.4, -0.2) is 91.7 Å². The van der Waals surface area contributed by atoms with Crippen molar-refractivity contribution in [2.75, 3.05) is 70.9 Å². The van der Waals surface area contributed by atoms with E-state index in [1.165, 1.54) is 30.8 Å². The van der Waals surface area contributed by atoms with Crippen molar-refractivity contribution in [3.8, 4) is 0 Å². The van der Waals surface area contributed by atoms with Crippen LogP contribution in [-0.2, 0) is 0 Å². The number of piperazine rings is 1. The van der Waals surface area contributed by atoms with Crippen molar-refractivity contribution < 1.29 is 0 Å². The molecule has 0 saturated carbocycles. The summed E-state index contributed by atoms with van der Waals surface area (Å²) < 4.78 is 0. The summed E-state index contributed by atoms with van der Waals surface area (Å²) in [6.45, 7) is 9.15. The summed E-state index contributed by atoms with van der Waals surface area (Å²) in [7, 11) is 1.85. The van der Waals surface area contributed by atoms with Crippen LogP contribution in [0.15, 0.2) is 41.0 Å². The summed E-state index contributed by atoms with van der Waals surface area (Å²) in [4.78, 5) is 21.9. The number of nitrogens with zero attached hydrogens (tertiary/aromatic N) is 6. The van der Waals surface area contributed by atoms with Crippen LogP contribution >= 0.6 is 11.3 Å². The Labute approximate surface area is 189 Å². The highest BCUT2D eigenvalue weighted by atomic mass is 32.1. The number of guanidine groups is 1. The first kappa shape index (κ1) is 22.0. The molecule has 0 spiro atoms. The van der Waals surface area contributed by atoms with Crippen LogP contribution in [0.1, 0.15) is 23.8 Å². The molecule has 9 heteroatoms. The molecule has 2 aromatic rings. The Morgan fingerprint density at radius 2 is 1.84 bits per heavy atom. The first-order chi connectivity index (χ1) is 15.3. The van der Waals surface area contributed by atoms with Gasteiger partial charge in [0.15, 0.2) is 5.96 Å². The minimum atomic E-state index is 0.425. The van der Waals surface area contributed by atoms with Gasteiger partial charge < -0.3 is 15.5 Å². The normalized spacial score (nSPS) is 19.5. The SMILES string of the molecule is CN=C(NCCN1CCN(c2ncccn2)CC1)NCC(c1cccs1)N1CCCC1. The monoisotopic (exact) mass is 442 g/mol. The quantitative estimate of drug-likeness (QED) is 0.476. The van der Waals surface area contributed by atoms with E-state index in [2.05, 4.69) is 57.8 Å². The maximum atomic E-state index is 4.44. The first-order valence-electron chi connectivity index (χ1n) is 11.3. The Bertz CT molecular complexity index is 783. The summed E-state index contributed by atoms with van der Waals surface area (Å²) in [5.74, 6) is 1.72. The highest BCUT2D eigenvalue weighted by Gasteiger charge is 2.24.